The lowest BCUT2D eigenvalue weighted by molar-refractivity contribution is 0.302. The zero-order chi connectivity index (χ0) is 9.68. The van der Waals surface area contributed by atoms with E-state index in [9.17, 15) is 4.39 Å². The third-order valence-electron chi connectivity index (χ3n) is 1.45. The average molecular weight is 223 g/mol. The van der Waals surface area contributed by atoms with Gasteiger partial charge in [-0.3, -0.25) is 0 Å². The van der Waals surface area contributed by atoms with Crippen molar-refractivity contribution in [3.8, 4) is 5.75 Å². The van der Waals surface area contributed by atoms with Crippen LogP contribution in [-0.4, -0.2) is 12.5 Å². The standard InChI is InChI=1S/C9H9Cl2FO/c10-5-2-6-13-8-4-1-3-7(11)9(8)12/h1,3-4H,2,5-6H2. The predicted octanol–water partition coefficient (Wildman–Crippen LogP) is 3.49. The van der Waals surface area contributed by atoms with Crippen LogP contribution in [0.25, 0.3) is 0 Å². The summed E-state index contributed by atoms with van der Waals surface area (Å²) in [4.78, 5) is 0. The molecular formula is C9H9Cl2FO. The lowest BCUT2D eigenvalue weighted by Gasteiger charge is -2.06. The van der Waals surface area contributed by atoms with Gasteiger partial charge in [0.2, 0.25) is 0 Å². The number of hydrogen-bond acceptors (Lipinski definition) is 1. The van der Waals surface area contributed by atoms with Crippen LogP contribution in [0.2, 0.25) is 5.02 Å². The van der Waals surface area contributed by atoms with Crippen LogP contribution in [0.1, 0.15) is 6.42 Å². The molecule has 0 unspecified atom stereocenters. The Balaban J connectivity index is 2.61. The van der Waals surface area contributed by atoms with E-state index in [1.807, 2.05) is 0 Å². The van der Waals surface area contributed by atoms with Gasteiger partial charge in [-0.05, 0) is 18.6 Å². The summed E-state index contributed by atoms with van der Waals surface area (Å²) in [5.41, 5.74) is 0. The molecule has 0 fully saturated rings. The summed E-state index contributed by atoms with van der Waals surface area (Å²) in [5, 5.41) is 0.0726. The molecule has 0 bridgehead atoms. The molecule has 0 aliphatic carbocycles. The summed E-state index contributed by atoms with van der Waals surface area (Å²) in [5.74, 6) is 0.165. The molecule has 0 saturated carbocycles. The van der Waals surface area contributed by atoms with Crippen LogP contribution < -0.4 is 4.74 Å². The first-order valence-electron chi connectivity index (χ1n) is 3.88. The SMILES string of the molecule is Fc1c(Cl)cccc1OCCCCl. The van der Waals surface area contributed by atoms with E-state index >= 15 is 0 Å². The molecule has 0 N–H and O–H groups in total. The van der Waals surface area contributed by atoms with E-state index in [4.69, 9.17) is 27.9 Å². The minimum absolute atomic E-state index is 0.0726. The summed E-state index contributed by atoms with van der Waals surface area (Å²) in [6.45, 7) is 0.404. The van der Waals surface area contributed by atoms with E-state index in [1.165, 1.54) is 12.1 Å². The zero-order valence-corrected chi connectivity index (χ0v) is 8.41. The van der Waals surface area contributed by atoms with Gasteiger partial charge in [0.25, 0.3) is 0 Å². The second-order valence-corrected chi connectivity index (χ2v) is 3.23. The number of alkyl halides is 1. The van der Waals surface area contributed by atoms with Crippen LogP contribution in [0.5, 0.6) is 5.75 Å². The number of hydrogen-bond donors (Lipinski definition) is 0. The van der Waals surface area contributed by atoms with Crippen LogP contribution >= 0.6 is 23.2 Å². The molecule has 4 heteroatoms. The Morgan fingerprint density at radius 1 is 1.38 bits per heavy atom. The maximum Gasteiger partial charge on any atom is 0.183 e. The number of rotatable bonds is 4. The molecule has 1 aromatic rings. The molecule has 0 heterocycles. The second-order valence-electron chi connectivity index (χ2n) is 2.44. The molecule has 1 rings (SSSR count). The van der Waals surface area contributed by atoms with Gasteiger partial charge in [-0.25, -0.2) is 4.39 Å². The highest BCUT2D eigenvalue weighted by molar-refractivity contribution is 6.30. The van der Waals surface area contributed by atoms with Crippen molar-refractivity contribution in [2.75, 3.05) is 12.5 Å². The predicted molar refractivity (Wildman–Crippen MR) is 52.2 cm³/mol. The van der Waals surface area contributed by atoms with Crippen LogP contribution in [0.15, 0.2) is 18.2 Å². The average Bonchev–Trinajstić information content (AvgIpc) is 2.13. The smallest absolute Gasteiger partial charge is 0.183 e. The van der Waals surface area contributed by atoms with Crippen LogP contribution in [0.3, 0.4) is 0 Å². The Labute approximate surface area is 86.4 Å². The fraction of sp³-hybridized carbons (Fsp3) is 0.333. The summed E-state index contributed by atoms with van der Waals surface area (Å²) in [7, 11) is 0. The highest BCUT2D eigenvalue weighted by atomic mass is 35.5. The van der Waals surface area contributed by atoms with Crippen molar-refractivity contribution in [3.05, 3.63) is 29.0 Å². The van der Waals surface area contributed by atoms with Crippen molar-refractivity contribution in [2.24, 2.45) is 0 Å². The molecule has 0 aliphatic heterocycles. The highest BCUT2D eigenvalue weighted by Gasteiger charge is 2.06. The number of halogens is 3. The third-order valence-corrected chi connectivity index (χ3v) is 2.01. The van der Waals surface area contributed by atoms with Crippen molar-refractivity contribution < 1.29 is 9.13 Å². The fourth-order valence-electron chi connectivity index (χ4n) is 0.832. The lowest BCUT2D eigenvalue weighted by atomic mass is 10.3. The summed E-state index contributed by atoms with van der Waals surface area (Å²) >= 11 is 11.0. The third kappa shape index (κ3) is 3.05. The Hall–Kier alpha value is -0.470. The quantitative estimate of drug-likeness (QED) is 0.560. The molecule has 1 nitrogen and oxygen atoms in total. The fourth-order valence-corrected chi connectivity index (χ4v) is 1.11. The molecule has 0 aromatic heterocycles. The normalized spacial score (nSPS) is 10.1. The second kappa shape index (κ2) is 5.30. The highest BCUT2D eigenvalue weighted by Crippen LogP contribution is 2.23. The van der Waals surface area contributed by atoms with Gasteiger partial charge < -0.3 is 4.74 Å². The molecule has 0 atom stereocenters. The molecule has 0 aliphatic rings. The van der Waals surface area contributed by atoms with Crippen molar-refractivity contribution in [1.29, 1.82) is 0 Å². The minimum atomic E-state index is -0.515. The van der Waals surface area contributed by atoms with E-state index in [1.54, 1.807) is 6.07 Å². The van der Waals surface area contributed by atoms with Gasteiger partial charge in [0.1, 0.15) is 0 Å². The molecule has 0 spiro atoms. The molecule has 0 amide bonds. The van der Waals surface area contributed by atoms with Gasteiger partial charge in [0.05, 0.1) is 11.6 Å². The van der Waals surface area contributed by atoms with E-state index < -0.39 is 5.82 Å². The van der Waals surface area contributed by atoms with E-state index in [0.29, 0.717) is 18.9 Å². The Kier molecular flexibility index (Phi) is 4.33. The molecule has 13 heavy (non-hydrogen) atoms. The minimum Gasteiger partial charge on any atom is -0.490 e. The molecule has 72 valence electrons. The van der Waals surface area contributed by atoms with Crippen molar-refractivity contribution in [1.82, 2.24) is 0 Å². The van der Waals surface area contributed by atoms with E-state index in [-0.39, 0.29) is 10.8 Å². The van der Waals surface area contributed by atoms with Crippen molar-refractivity contribution >= 4 is 23.2 Å². The van der Waals surface area contributed by atoms with E-state index in [0.717, 1.165) is 0 Å². The number of benzene rings is 1. The van der Waals surface area contributed by atoms with Gasteiger partial charge in [0, 0.05) is 5.88 Å². The monoisotopic (exact) mass is 222 g/mol. The maximum atomic E-state index is 13.1. The zero-order valence-electron chi connectivity index (χ0n) is 6.90. The first-order valence-corrected chi connectivity index (χ1v) is 4.79. The largest absolute Gasteiger partial charge is 0.490 e. The maximum absolute atomic E-state index is 13.1. The lowest BCUT2D eigenvalue weighted by Crippen LogP contribution is -1.99. The van der Waals surface area contributed by atoms with Crippen molar-refractivity contribution in [2.45, 2.75) is 6.42 Å². The van der Waals surface area contributed by atoms with Gasteiger partial charge in [-0.15, -0.1) is 11.6 Å². The van der Waals surface area contributed by atoms with Crippen molar-refractivity contribution in [3.63, 3.8) is 0 Å². The summed E-state index contributed by atoms with van der Waals surface area (Å²) in [6, 6.07) is 4.65. The van der Waals surface area contributed by atoms with Crippen LogP contribution in [0, 0.1) is 5.82 Å². The molecule has 1 aromatic carbocycles. The molecule has 0 saturated heterocycles. The van der Waals surface area contributed by atoms with Gasteiger partial charge >= 0.3 is 0 Å². The van der Waals surface area contributed by atoms with Gasteiger partial charge in [-0.2, -0.15) is 0 Å². The van der Waals surface area contributed by atoms with Gasteiger partial charge in [-0.1, -0.05) is 17.7 Å². The Morgan fingerprint density at radius 3 is 2.85 bits per heavy atom. The Morgan fingerprint density at radius 2 is 2.15 bits per heavy atom. The topological polar surface area (TPSA) is 9.23 Å². The van der Waals surface area contributed by atoms with Crippen LogP contribution in [-0.2, 0) is 0 Å². The summed E-state index contributed by atoms with van der Waals surface area (Å²) < 4.78 is 18.3. The molecule has 0 radical (unpaired) electrons. The molecular weight excluding hydrogens is 214 g/mol. The van der Waals surface area contributed by atoms with Crippen LogP contribution in [0.4, 0.5) is 4.39 Å². The van der Waals surface area contributed by atoms with E-state index in [2.05, 4.69) is 0 Å². The first kappa shape index (κ1) is 10.6. The number of ether oxygens (including phenoxy) is 1. The Bertz CT molecular complexity index is 278. The van der Waals surface area contributed by atoms with Gasteiger partial charge in [0.15, 0.2) is 11.6 Å². The first-order chi connectivity index (χ1) is 6.25. The summed E-state index contributed by atoms with van der Waals surface area (Å²) in [6.07, 6.45) is 0.688.